The third-order valence-corrected chi connectivity index (χ3v) is 2.12. The average molecular weight is 214 g/mol. The monoisotopic (exact) mass is 214 g/mol. The van der Waals surface area contributed by atoms with Crippen molar-refractivity contribution in [3.8, 4) is 0 Å². The number of rotatable bonds is 1. The van der Waals surface area contributed by atoms with Crippen LogP contribution in [0, 0.1) is 13.8 Å². The fourth-order valence-electron chi connectivity index (χ4n) is 1.24. The predicted octanol–water partition coefficient (Wildman–Crippen LogP) is 3.34. The van der Waals surface area contributed by atoms with E-state index in [1.165, 1.54) is 5.69 Å². The average Bonchev–Trinajstić information content (AvgIpc) is 2.31. The lowest BCUT2D eigenvalue weighted by atomic mass is 10.3. The van der Waals surface area contributed by atoms with Crippen molar-refractivity contribution in [3.63, 3.8) is 0 Å². The first-order chi connectivity index (χ1) is 7.72. The van der Waals surface area contributed by atoms with Crippen LogP contribution in [0.25, 0.3) is 0 Å². The van der Waals surface area contributed by atoms with E-state index in [2.05, 4.69) is 16.9 Å². The maximum Gasteiger partial charge on any atom is 0.0404 e. The van der Waals surface area contributed by atoms with Crippen molar-refractivity contribution in [1.82, 2.24) is 9.97 Å². The largest absolute Gasteiger partial charge is 0.262 e. The first-order valence-electron chi connectivity index (χ1n) is 5.52. The van der Waals surface area contributed by atoms with Gasteiger partial charge in [-0.1, -0.05) is 19.1 Å². The van der Waals surface area contributed by atoms with Crippen molar-refractivity contribution in [3.05, 3.63) is 59.7 Å². The summed E-state index contributed by atoms with van der Waals surface area (Å²) in [5.41, 5.74) is 3.35. The first kappa shape index (κ1) is 12.4. The maximum atomic E-state index is 4.29. The van der Waals surface area contributed by atoms with E-state index in [1.807, 2.05) is 50.2 Å². The van der Waals surface area contributed by atoms with Gasteiger partial charge in [0.25, 0.3) is 0 Å². The van der Waals surface area contributed by atoms with Crippen molar-refractivity contribution in [1.29, 1.82) is 0 Å². The zero-order valence-electron chi connectivity index (χ0n) is 10.1. The summed E-state index contributed by atoms with van der Waals surface area (Å²) in [4.78, 5) is 8.27. The summed E-state index contributed by atoms with van der Waals surface area (Å²) in [6.45, 7) is 6.10. The number of aromatic nitrogens is 2. The molecule has 0 aliphatic carbocycles. The van der Waals surface area contributed by atoms with Crippen molar-refractivity contribution in [2.75, 3.05) is 0 Å². The Bertz CT molecular complexity index is 410. The van der Waals surface area contributed by atoms with Gasteiger partial charge in [-0.05, 0) is 44.5 Å². The zero-order chi connectivity index (χ0) is 11.8. The molecule has 2 nitrogen and oxygen atoms in total. The van der Waals surface area contributed by atoms with Gasteiger partial charge in [0.1, 0.15) is 0 Å². The minimum atomic E-state index is 1.03. The predicted molar refractivity (Wildman–Crippen MR) is 67.3 cm³/mol. The van der Waals surface area contributed by atoms with Crippen LogP contribution in [0.2, 0.25) is 0 Å². The fraction of sp³-hybridized carbons (Fsp3) is 0.286. The Morgan fingerprint density at radius 1 is 0.938 bits per heavy atom. The topological polar surface area (TPSA) is 25.8 Å². The second-order valence-electron chi connectivity index (χ2n) is 3.59. The summed E-state index contributed by atoms with van der Waals surface area (Å²) in [5.74, 6) is 0. The molecule has 2 rings (SSSR count). The molecule has 2 heteroatoms. The molecule has 0 atom stereocenters. The molecule has 16 heavy (non-hydrogen) atoms. The lowest BCUT2D eigenvalue weighted by Crippen LogP contribution is -1.87. The van der Waals surface area contributed by atoms with Gasteiger partial charge in [-0.15, -0.1) is 0 Å². The summed E-state index contributed by atoms with van der Waals surface area (Å²) >= 11 is 0. The molecule has 2 heterocycles. The lowest BCUT2D eigenvalue weighted by Gasteiger charge is -1.94. The molecule has 0 bridgehead atoms. The van der Waals surface area contributed by atoms with E-state index < -0.39 is 0 Å². The van der Waals surface area contributed by atoms with Gasteiger partial charge in [-0.3, -0.25) is 9.97 Å². The molecule has 0 N–H and O–H groups in total. The molecule has 0 unspecified atom stereocenters. The van der Waals surface area contributed by atoms with Gasteiger partial charge in [0, 0.05) is 23.3 Å². The SMILES string of the molecule is CCc1cccc(C)n1.Cc1ccccn1. The fourth-order valence-corrected chi connectivity index (χ4v) is 1.24. The van der Waals surface area contributed by atoms with Crippen LogP contribution in [0.4, 0.5) is 0 Å². The molecule has 2 aromatic heterocycles. The highest BCUT2D eigenvalue weighted by Crippen LogP contribution is 1.97. The van der Waals surface area contributed by atoms with Crippen LogP contribution in [-0.2, 0) is 6.42 Å². The third kappa shape index (κ3) is 4.69. The molecule has 0 aliphatic rings. The minimum absolute atomic E-state index is 1.03. The Labute approximate surface area is 97.4 Å². The molecule has 0 amide bonds. The van der Waals surface area contributed by atoms with Crippen LogP contribution in [0.5, 0.6) is 0 Å². The van der Waals surface area contributed by atoms with E-state index in [0.717, 1.165) is 17.8 Å². The number of nitrogens with zero attached hydrogens (tertiary/aromatic N) is 2. The summed E-state index contributed by atoms with van der Waals surface area (Å²) in [6.07, 6.45) is 2.82. The van der Waals surface area contributed by atoms with Gasteiger partial charge in [0.05, 0.1) is 0 Å². The van der Waals surface area contributed by atoms with E-state index >= 15 is 0 Å². The van der Waals surface area contributed by atoms with E-state index in [9.17, 15) is 0 Å². The Morgan fingerprint density at radius 2 is 1.69 bits per heavy atom. The summed E-state index contributed by atoms with van der Waals surface area (Å²) < 4.78 is 0. The van der Waals surface area contributed by atoms with Crippen molar-refractivity contribution in [2.24, 2.45) is 0 Å². The third-order valence-electron chi connectivity index (χ3n) is 2.12. The molecule has 84 valence electrons. The molecule has 0 saturated heterocycles. The van der Waals surface area contributed by atoms with Gasteiger partial charge < -0.3 is 0 Å². The summed E-state index contributed by atoms with van der Waals surface area (Å²) in [6, 6.07) is 12.0. The molecule has 0 saturated carbocycles. The minimum Gasteiger partial charge on any atom is -0.262 e. The van der Waals surface area contributed by atoms with Crippen LogP contribution in [0.3, 0.4) is 0 Å². The number of aryl methyl sites for hydroxylation is 3. The highest BCUT2D eigenvalue weighted by molar-refractivity contribution is 5.09. The Hall–Kier alpha value is -1.70. The maximum absolute atomic E-state index is 4.29. The van der Waals surface area contributed by atoms with Crippen LogP contribution in [0.15, 0.2) is 42.6 Å². The van der Waals surface area contributed by atoms with Gasteiger partial charge in [0.2, 0.25) is 0 Å². The Kier molecular flexibility index (Phi) is 5.20. The molecule has 0 aromatic carbocycles. The van der Waals surface area contributed by atoms with Gasteiger partial charge >= 0.3 is 0 Å². The van der Waals surface area contributed by atoms with Gasteiger partial charge in [-0.25, -0.2) is 0 Å². The van der Waals surface area contributed by atoms with Crippen LogP contribution >= 0.6 is 0 Å². The Balaban J connectivity index is 0.000000165. The highest BCUT2D eigenvalue weighted by atomic mass is 14.7. The number of hydrogen-bond acceptors (Lipinski definition) is 2. The van der Waals surface area contributed by atoms with E-state index in [0.29, 0.717) is 0 Å². The van der Waals surface area contributed by atoms with E-state index in [1.54, 1.807) is 6.20 Å². The van der Waals surface area contributed by atoms with Crippen molar-refractivity contribution < 1.29 is 0 Å². The van der Waals surface area contributed by atoms with Crippen LogP contribution in [0.1, 0.15) is 24.0 Å². The number of pyridine rings is 2. The second kappa shape index (κ2) is 6.72. The summed E-state index contributed by atoms with van der Waals surface area (Å²) in [7, 11) is 0. The van der Waals surface area contributed by atoms with Crippen LogP contribution < -0.4 is 0 Å². The van der Waals surface area contributed by atoms with Gasteiger partial charge in [-0.2, -0.15) is 0 Å². The molecule has 0 radical (unpaired) electrons. The molecule has 0 fully saturated rings. The van der Waals surface area contributed by atoms with E-state index in [-0.39, 0.29) is 0 Å². The quantitative estimate of drug-likeness (QED) is 0.727. The van der Waals surface area contributed by atoms with Crippen molar-refractivity contribution in [2.45, 2.75) is 27.2 Å². The first-order valence-corrected chi connectivity index (χ1v) is 5.52. The smallest absolute Gasteiger partial charge is 0.0404 e. The molecule has 2 aromatic rings. The summed E-state index contributed by atoms with van der Waals surface area (Å²) in [5, 5.41) is 0. The normalized spacial score (nSPS) is 9.19. The highest BCUT2D eigenvalue weighted by Gasteiger charge is 1.87. The standard InChI is InChI=1S/C8H11N.C6H7N/c1-3-8-6-4-5-7(2)9-8;1-6-4-2-3-5-7-6/h4-6H,3H2,1-2H3;2-5H,1H3. The van der Waals surface area contributed by atoms with E-state index in [4.69, 9.17) is 0 Å². The lowest BCUT2D eigenvalue weighted by molar-refractivity contribution is 1.01. The second-order valence-corrected chi connectivity index (χ2v) is 3.59. The van der Waals surface area contributed by atoms with Gasteiger partial charge in [0.15, 0.2) is 0 Å². The molecule has 0 aliphatic heterocycles. The molecular formula is C14H18N2. The molecule has 0 spiro atoms. The molecular weight excluding hydrogens is 196 g/mol. The Morgan fingerprint density at radius 3 is 2.06 bits per heavy atom. The van der Waals surface area contributed by atoms with Crippen molar-refractivity contribution >= 4 is 0 Å². The van der Waals surface area contributed by atoms with Crippen LogP contribution in [-0.4, -0.2) is 9.97 Å². The zero-order valence-corrected chi connectivity index (χ0v) is 10.1. The number of hydrogen-bond donors (Lipinski definition) is 0.